The maximum atomic E-state index is 11.6. The van der Waals surface area contributed by atoms with Gasteiger partial charge in [-0.15, -0.1) is 0 Å². The molecule has 0 aromatic heterocycles. The second-order valence-corrected chi connectivity index (χ2v) is 5.96. The number of hydrogen-bond donors (Lipinski definition) is 2. The summed E-state index contributed by atoms with van der Waals surface area (Å²) in [6, 6.07) is 6.18. The van der Waals surface area contributed by atoms with Crippen LogP contribution in [0.25, 0.3) is 0 Å². The van der Waals surface area contributed by atoms with Crippen molar-refractivity contribution in [1.82, 2.24) is 0 Å². The molecular weight excluding hydrogens is 238 g/mol. The number of carbonyl (C=O) groups excluding carboxylic acids is 1. The number of anilines is 2. The van der Waals surface area contributed by atoms with Crippen LogP contribution < -0.4 is 16.0 Å². The fourth-order valence-corrected chi connectivity index (χ4v) is 2.30. The molecule has 0 atom stereocenters. The Morgan fingerprint density at radius 2 is 2.11 bits per heavy atom. The van der Waals surface area contributed by atoms with Gasteiger partial charge in [0, 0.05) is 36.9 Å². The van der Waals surface area contributed by atoms with E-state index in [1.807, 2.05) is 33.0 Å². The van der Waals surface area contributed by atoms with Gasteiger partial charge in [0.25, 0.3) is 0 Å². The first-order valence-electron chi connectivity index (χ1n) is 6.79. The predicted molar refractivity (Wildman–Crippen MR) is 79.5 cm³/mol. The molecule has 4 heteroatoms. The van der Waals surface area contributed by atoms with Crippen LogP contribution in [0.1, 0.15) is 32.3 Å². The molecule has 3 N–H and O–H groups in total. The smallest absolute Gasteiger partial charge is 0.227 e. The van der Waals surface area contributed by atoms with Gasteiger partial charge in [-0.2, -0.15) is 0 Å². The second kappa shape index (κ2) is 5.21. The lowest BCUT2D eigenvalue weighted by Crippen LogP contribution is -2.34. The molecule has 0 fully saturated rings. The minimum atomic E-state index is -0.145. The number of hydrogen-bond acceptors (Lipinski definition) is 3. The molecule has 0 unspecified atom stereocenters. The van der Waals surface area contributed by atoms with E-state index in [0.29, 0.717) is 6.42 Å². The van der Waals surface area contributed by atoms with Crippen molar-refractivity contribution in [3.63, 3.8) is 0 Å². The van der Waals surface area contributed by atoms with E-state index in [-0.39, 0.29) is 11.4 Å². The Labute approximate surface area is 115 Å². The molecule has 0 aliphatic carbocycles. The summed E-state index contributed by atoms with van der Waals surface area (Å²) in [5, 5.41) is 3.39. The minimum Gasteiger partial charge on any atom is -0.385 e. The highest BCUT2D eigenvalue weighted by Gasteiger charge is 2.20. The van der Waals surface area contributed by atoms with Gasteiger partial charge < -0.3 is 16.0 Å². The highest BCUT2D eigenvalue weighted by atomic mass is 16.2. The fourth-order valence-electron chi connectivity index (χ4n) is 2.30. The molecule has 4 nitrogen and oxygen atoms in total. The molecule has 0 radical (unpaired) electrons. The highest BCUT2D eigenvalue weighted by Crippen LogP contribution is 2.29. The summed E-state index contributed by atoms with van der Waals surface area (Å²) in [6.07, 6.45) is 2.35. The van der Waals surface area contributed by atoms with E-state index in [0.717, 1.165) is 30.8 Å². The molecule has 1 aliphatic heterocycles. The van der Waals surface area contributed by atoms with Gasteiger partial charge in [0.1, 0.15) is 0 Å². The van der Waals surface area contributed by atoms with Crippen molar-refractivity contribution in [3.8, 4) is 0 Å². The normalized spacial score (nSPS) is 15.4. The van der Waals surface area contributed by atoms with Crippen LogP contribution in [0, 0.1) is 0 Å². The zero-order valence-corrected chi connectivity index (χ0v) is 12.0. The van der Waals surface area contributed by atoms with Crippen LogP contribution in [0.5, 0.6) is 0 Å². The average molecular weight is 261 g/mol. The summed E-state index contributed by atoms with van der Waals surface area (Å²) in [7, 11) is 1.84. The topological polar surface area (TPSA) is 58.4 Å². The molecule has 0 saturated carbocycles. The number of nitrogens with zero attached hydrogens (tertiary/aromatic N) is 1. The number of benzene rings is 1. The largest absolute Gasteiger partial charge is 0.385 e. The van der Waals surface area contributed by atoms with Gasteiger partial charge in [0.05, 0.1) is 0 Å². The Bertz CT molecular complexity index is 477. The second-order valence-electron chi connectivity index (χ2n) is 5.96. The highest BCUT2D eigenvalue weighted by molar-refractivity contribution is 5.96. The standard InChI is InChI=1S/C15H23N3O/c1-15(2,16)8-9-17-12-5-6-13-11(10-12)4-7-14(19)18(13)3/h5-6,10,17H,4,7-9,16H2,1-3H3. The molecule has 104 valence electrons. The number of carbonyl (C=O) groups is 1. The summed E-state index contributed by atoms with van der Waals surface area (Å²) in [5.74, 6) is 0.193. The lowest BCUT2D eigenvalue weighted by molar-refractivity contribution is -0.118. The van der Waals surface area contributed by atoms with Crippen molar-refractivity contribution in [3.05, 3.63) is 23.8 Å². The number of rotatable bonds is 4. The van der Waals surface area contributed by atoms with Crippen molar-refractivity contribution >= 4 is 17.3 Å². The number of nitrogens with one attached hydrogen (secondary N) is 1. The van der Waals surface area contributed by atoms with Crippen molar-refractivity contribution in [2.75, 3.05) is 23.8 Å². The maximum Gasteiger partial charge on any atom is 0.227 e. The molecule has 19 heavy (non-hydrogen) atoms. The molecule has 1 aromatic carbocycles. The number of aryl methyl sites for hydroxylation is 1. The van der Waals surface area contributed by atoms with Crippen LogP contribution in [0.4, 0.5) is 11.4 Å². The average Bonchev–Trinajstić information content (AvgIpc) is 2.32. The van der Waals surface area contributed by atoms with E-state index in [1.54, 1.807) is 4.90 Å². The predicted octanol–water partition coefficient (Wildman–Crippen LogP) is 2.13. The summed E-state index contributed by atoms with van der Waals surface area (Å²) in [4.78, 5) is 13.4. The molecule has 0 spiro atoms. The van der Waals surface area contributed by atoms with Gasteiger partial charge in [-0.05, 0) is 50.5 Å². The number of fused-ring (bicyclic) bond motifs is 1. The van der Waals surface area contributed by atoms with Crippen molar-refractivity contribution < 1.29 is 4.79 Å². The summed E-state index contributed by atoms with van der Waals surface area (Å²) in [6.45, 7) is 4.92. The monoisotopic (exact) mass is 261 g/mol. The zero-order chi connectivity index (χ0) is 14.0. The SMILES string of the molecule is CN1C(=O)CCc2cc(NCCC(C)(C)N)ccc21. The Morgan fingerprint density at radius 3 is 2.79 bits per heavy atom. The van der Waals surface area contributed by atoms with Crippen LogP contribution >= 0.6 is 0 Å². The summed E-state index contributed by atoms with van der Waals surface area (Å²) in [5.41, 5.74) is 9.18. The minimum absolute atomic E-state index is 0.145. The molecular formula is C15H23N3O. The molecule has 0 saturated heterocycles. The van der Waals surface area contributed by atoms with Crippen LogP contribution in [-0.4, -0.2) is 25.0 Å². The van der Waals surface area contributed by atoms with E-state index in [9.17, 15) is 4.79 Å². The van der Waals surface area contributed by atoms with E-state index in [4.69, 9.17) is 5.73 Å². The molecule has 1 aliphatic rings. The van der Waals surface area contributed by atoms with E-state index >= 15 is 0 Å². The quantitative estimate of drug-likeness (QED) is 0.873. The molecule has 2 rings (SSSR count). The lowest BCUT2D eigenvalue weighted by atomic mass is 10.0. The zero-order valence-electron chi connectivity index (χ0n) is 12.0. The van der Waals surface area contributed by atoms with Crippen molar-refractivity contribution in [2.24, 2.45) is 5.73 Å². The molecule has 1 aromatic rings. The third-order valence-corrected chi connectivity index (χ3v) is 3.52. The van der Waals surface area contributed by atoms with Crippen LogP contribution in [-0.2, 0) is 11.2 Å². The van der Waals surface area contributed by atoms with E-state index < -0.39 is 0 Å². The first-order valence-corrected chi connectivity index (χ1v) is 6.79. The van der Waals surface area contributed by atoms with Crippen molar-refractivity contribution in [1.29, 1.82) is 0 Å². The lowest BCUT2D eigenvalue weighted by Gasteiger charge is -2.26. The molecule has 0 bridgehead atoms. The van der Waals surface area contributed by atoms with E-state index in [1.165, 1.54) is 5.56 Å². The summed E-state index contributed by atoms with van der Waals surface area (Å²) >= 11 is 0. The van der Waals surface area contributed by atoms with Gasteiger partial charge in [-0.1, -0.05) is 0 Å². The van der Waals surface area contributed by atoms with Gasteiger partial charge in [-0.3, -0.25) is 4.79 Å². The maximum absolute atomic E-state index is 11.6. The van der Waals surface area contributed by atoms with E-state index in [2.05, 4.69) is 11.4 Å². The number of nitrogens with two attached hydrogens (primary N) is 1. The Balaban J connectivity index is 2.03. The van der Waals surface area contributed by atoms with Crippen LogP contribution in [0.3, 0.4) is 0 Å². The van der Waals surface area contributed by atoms with Gasteiger partial charge in [0.2, 0.25) is 5.91 Å². The first-order chi connectivity index (χ1) is 8.87. The Morgan fingerprint density at radius 1 is 1.37 bits per heavy atom. The third kappa shape index (κ3) is 3.47. The van der Waals surface area contributed by atoms with Gasteiger partial charge >= 0.3 is 0 Å². The van der Waals surface area contributed by atoms with Crippen LogP contribution in [0.15, 0.2) is 18.2 Å². The molecule has 1 heterocycles. The van der Waals surface area contributed by atoms with Gasteiger partial charge in [0.15, 0.2) is 0 Å². The third-order valence-electron chi connectivity index (χ3n) is 3.52. The van der Waals surface area contributed by atoms with Crippen LogP contribution in [0.2, 0.25) is 0 Å². The van der Waals surface area contributed by atoms with Crippen molar-refractivity contribution in [2.45, 2.75) is 38.6 Å². The fraction of sp³-hybridized carbons (Fsp3) is 0.533. The summed E-state index contributed by atoms with van der Waals surface area (Å²) < 4.78 is 0. The first kappa shape index (κ1) is 13.9. The Hall–Kier alpha value is -1.55. The number of amides is 1. The Kier molecular flexibility index (Phi) is 3.80. The molecule has 1 amide bonds. The van der Waals surface area contributed by atoms with Gasteiger partial charge in [-0.25, -0.2) is 0 Å².